The smallest absolute Gasteiger partial charge is 0.307 e. The molecule has 0 unspecified atom stereocenters. The lowest BCUT2D eigenvalue weighted by atomic mass is 10.1. The van der Waals surface area contributed by atoms with Crippen molar-refractivity contribution in [1.29, 1.82) is 0 Å². The molecule has 0 radical (unpaired) electrons. The van der Waals surface area contributed by atoms with E-state index in [1.807, 2.05) is 0 Å². The zero-order valence-electron chi connectivity index (χ0n) is 7.95. The van der Waals surface area contributed by atoms with Gasteiger partial charge in [0.1, 0.15) is 5.52 Å². The average molecular weight is 226 g/mol. The van der Waals surface area contributed by atoms with E-state index in [1.165, 1.54) is 0 Å². The molecule has 4 nitrogen and oxygen atoms in total. The monoisotopic (exact) mass is 225 g/mol. The Labute approximate surface area is 90.5 Å². The molecule has 0 saturated heterocycles. The molecule has 0 aliphatic carbocycles. The van der Waals surface area contributed by atoms with Gasteiger partial charge in [0.15, 0.2) is 11.5 Å². The van der Waals surface area contributed by atoms with Gasteiger partial charge >= 0.3 is 5.97 Å². The first-order chi connectivity index (χ1) is 7.06. The fourth-order valence-corrected chi connectivity index (χ4v) is 1.71. The Balaban J connectivity index is 2.56. The van der Waals surface area contributed by atoms with Crippen LogP contribution in [0.15, 0.2) is 16.5 Å². The number of carbonyl (C=O) groups is 1. The van der Waals surface area contributed by atoms with Crippen LogP contribution >= 0.6 is 11.6 Å². The largest absolute Gasteiger partial charge is 0.481 e. The Morgan fingerprint density at radius 2 is 2.33 bits per heavy atom. The molecule has 0 spiro atoms. The number of nitrogens with zero attached hydrogens (tertiary/aromatic N) is 1. The first-order valence-corrected chi connectivity index (χ1v) is 4.71. The topological polar surface area (TPSA) is 63.3 Å². The van der Waals surface area contributed by atoms with Crippen molar-refractivity contribution in [3.63, 3.8) is 0 Å². The first kappa shape index (κ1) is 9.98. The van der Waals surface area contributed by atoms with Crippen LogP contribution in [0.2, 0.25) is 5.02 Å². The summed E-state index contributed by atoms with van der Waals surface area (Å²) in [5.41, 5.74) is 1.72. The number of oxazole rings is 1. The first-order valence-electron chi connectivity index (χ1n) is 4.33. The quantitative estimate of drug-likeness (QED) is 0.853. The van der Waals surface area contributed by atoms with E-state index in [0.717, 1.165) is 0 Å². The summed E-state index contributed by atoms with van der Waals surface area (Å²) in [5, 5.41) is 9.04. The molecular formula is C10H8ClNO3. The van der Waals surface area contributed by atoms with Gasteiger partial charge in [0, 0.05) is 6.92 Å². The summed E-state index contributed by atoms with van der Waals surface area (Å²) >= 11 is 5.93. The van der Waals surface area contributed by atoms with Crippen LogP contribution in [0.4, 0.5) is 0 Å². The number of carboxylic acids is 1. The van der Waals surface area contributed by atoms with E-state index in [9.17, 15) is 4.79 Å². The molecule has 0 saturated carbocycles. The summed E-state index contributed by atoms with van der Waals surface area (Å²) < 4.78 is 5.27. The number of benzene rings is 1. The summed E-state index contributed by atoms with van der Waals surface area (Å²) in [7, 11) is 0. The van der Waals surface area contributed by atoms with Gasteiger partial charge in [-0.15, -0.1) is 0 Å². The van der Waals surface area contributed by atoms with Crippen LogP contribution in [0.1, 0.15) is 11.5 Å². The lowest BCUT2D eigenvalue weighted by molar-refractivity contribution is -0.136. The van der Waals surface area contributed by atoms with Crippen molar-refractivity contribution in [3.05, 3.63) is 28.6 Å². The summed E-state index contributed by atoms with van der Waals surface area (Å²) in [6, 6.07) is 3.26. The average Bonchev–Trinajstić information content (AvgIpc) is 2.44. The minimum Gasteiger partial charge on any atom is -0.481 e. The van der Waals surface area contributed by atoms with E-state index < -0.39 is 5.97 Å². The van der Waals surface area contributed by atoms with Gasteiger partial charge in [0.05, 0.1) is 11.4 Å². The number of aryl methyl sites for hydroxylation is 1. The Morgan fingerprint density at radius 3 is 3.00 bits per heavy atom. The number of aliphatic carboxylic acids is 1. The molecule has 0 aliphatic heterocycles. The normalized spacial score (nSPS) is 10.8. The maximum Gasteiger partial charge on any atom is 0.307 e. The van der Waals surface area contributed by atoms with Gasteiger partial charge in [-0.3, -0.25) is 4.79 Å². The molecule has 1 N–H and O–H groups in total. The molecule has 0 bridgehead atoms. The Bertz CT molecular complexity index is 533. The summed E-state index contributed by atoms with van der Waals surface area (Å²) in [4.78, 5) is 14.6. The maximum absolute atomic E-state index is 10.5. The van der Waals surface area contributed by atoms with Crippen LogP contribution in [-0.4, -0.2) is 16.1 Å². The summed E-state index contributed by atoms with van der Waals surface area (Å²) in [5.74, 6) is -0.384. The third-order valence-corrected chi connectivity index (χ3v) is 2.25. The fourth-order valence-electron chi connectivity index (χ4n) is 1.43. The standard InChI is InChI=1S/C10H8ClNO3/c1-5-12-8-3-6(4-9(13)14)2-7(11)10(8)15-5/h2-3H,4H2,1H3,(H,13,14). The molecule has 15 heavy (non-hydrogen) atoms. The lowest BCUT2D eigenvalue weighted by Crippen LogP contribution is -1.99. The predicted molar refractivity (Wildman–Crippen MR) is 55.1 cm³/mol. The van der Waals surface area contributed by atoms with Gasteiger partial charge in [-0.05, 0) is 17.7 Å². The van der Waals surface area contributed by atoms with Gasteiger partial charge in [0.25, 0.3) is 0 Å². The number of fused-ring (bicyclic) bond motifs is 1. The fraction of sp³-hybridized carbons (Fsp3) is 0.200. The number of aromatic nitrogens is 1. The van der Waals surface area contributed by atoms with E-state index in [-0.39, 0.29) is 6.42 Å². The second-order valence-electron chi connectivity index (χ2n) is 3.23. The Hall–Kier alpha value is -1.55. The van der Waals surface area contributed by atoms with Crippen molar-refractivity contribution in [2.24, 2.45) is 0 Å². The predicted octanol–water partition coefficient (Wildman–Crippen LogP) is 2.42. The highest BCUT2D eigenvalue weighted by atomic mass is 35.5. The molecule has 0 fully saturated rings. The van der Waals surface area contributed by atoms with Gasteiger partial charge in [0.2, 0.25) is 0 Å². The van der Waals surface area contributed by atoms with Crippen LogP contribution in [0.3, 0.4) is 0 Å². The van der Waals surface area contributed by atoms with Crippen LogP contribution in [-0.2, 0) is 11.2 Å². The molecule has 1 aromatic heterocycles. The zero-order chi connectivity index (χ0) is 11.0. The Kier molecular flexibility index (Phi) is 2.36. The van der Waals surface area contributed by atoms with Crippen molar-refractivity contribution < 1.29 is 14.3 Å². The summed E-state index contributed by atoms with van der Waals surface area (Å²) in [6.45, 7) is 1.72. The van der Waals surface area contributed by atoms with E-state index in [2.05, 4.69) is 4.98 Å². The minimum absolute atomic E-state index is 0.0679. The van der Waals surface area contributed by atoms with E-state index in [0.29, 0.717) is 27.6 Å². The van der Waals surface area contributed by atoms with Crippen molar-refractivity contribution in [3.8, 4) is 0 Å². The molecule has 1 heterocycles. The van der Waals surface area contributed by atoms with Crippen molar-refractivity contribution in [2.45, 2.75) is 13.3 Å². The van der Waals surface area contributed by atoms with Crippen molar-refractivity contribution in [2.75, 3.05) is 0 Å². The molecular weight excluding hydrogens is 218 g/mol. The van der Waals surface area contributed by atoms with Crippen LogP contribution in [0.5, 0.6) is 0 Å². The molecule has 5 heteroatoms. The van der Waals surface area contributed by atoms with Crippen LogP contribution < -0.4 is 0 Å². The van der Waals surface area contributed by atoms with Gasteiger partial charge in [-0.25, -0.2) is 4.98 Å². The molecule has 2 rings (SSSR count). The number of halogens is 1. The third kappa shape index (κ3) is 1.94. The number of hydrogen-bond acceptors (Lipinski definition) is 3. The highest BCUT2D eigenvalue weighted by Gasteiger charge is 2.10. The minimum atomic E-state index is -0.898. The van der Waals surface area contributed by atoms with E-state index >= 15 is 0 Å². The van der Waals surface area contributed by atoms with Crippen molar-refractivity contribution in [1.82, 2.24) is 4.98 Å². The van der Waals surface area contributed by atoms with Gasteiger partial charge < -0.3 is 9.52 Å². The van der Waals surface area contributed by atoms with E-state index in [4.69, 9.17) is 21.1 Å². The second-order valence-corrected chi connectivity index (χ2v) is 3.64. The zero-order valence-corrected chi connectivity index (χ0v) is 8.71. The SMILES string of the molecule is Cc1nc2cc(CC(=O)O)cc(Cl)c2o1. The molecule has 0 atom stereocenters. The summed E-state index contributed by atoms with van der Waals surface area (Å²) in [6.07, 6.45) is -0.0679. The third-order valence-electron chi connectivity index (χ3n) is 1.97. The molecule has 0 amide bonds. The number of rotatable bonds is 2. The molecule has 1 aromatic carbocycles. The number of hydrogen-bond donors (Lipinski definition) is 1. The highest BCUT2D eigenvalue weighted by molar-refractivity contribution is 6.34. The van der Waals surface area contributed by atoms with E-state index in [1.54, 1.807) is 19.1 Å². The molecule has 2 aromatic rings. The van der Waals surface area contributed by atoms with Crippen LogP contribution in [0, 0.1) is 6.92 Å². The second kappa shape index (κ2) is 3.55. The van der Waals surface area contributed by atoms with Gasteiger partial charge in [-0.1, -0.05) is 11.6 Å². The van der Waals surface area contributed by atoms with Crippen molar-refractivity contribution >= 4 is 28.7 Å². The molecule has 0 aliphatic rings. The van der Waals surface area contributed by atoms with Crippen LogP contribution in [0.25, 0.3) is 11.1 Å². The maximum atomic E-state index is 10.5. The number of carboxylic acid groups (broad SMARTS) is 1. The van der Waals surface area contributed by atoms with Gasteiger partial charge in [-0.2, -0.15) is 0 Å². The molecule has 78 valence electrons. The Morgan fingerprint density at radius 1 is 1.60 bits per heavy atom. The highest BCUT2D eigenvalue weighted by Crippen LogP contribution is 2.26. The lowest BCUT2D eigenvalue weighted by Gasteiger charge is -1.97.